The van der Waals surface area contributed by atoms with Gasteiger partial charge in [0.2, 0.25) is 0 Å². The summed E-state index contributed by atoms with van der Waals surface area (Å²) in [5.41, 5.74) is 0.949. The number of methoxy groups -OCH3 is 1. The molecule has 1 N–H and O–H groups in total. The Balaban J connectivity index is 2.34. The molecule has 90 valence electrons. The second-order valence-electron chi connectivity index (χ2n) is 3.94. The van der Waals surface area contributed by atoms with Crippen molar-refractivity contribution in [2.75, 3.05) is 20.3 Å². The summed E-state index contributed by atoms with van der Waals surface area (Å²) in [7, 11) is 1.70. The van der Waals surface area contributed by atoms with E-state index >= 15 is 0 Å². The van der Waals surface area contributed by atoms with Crippen LogP contribution < -0.4 is 5.32 Å². The normalized spacial score (nSPS) is 12.8. The second kappa shape index (κ2) is 6.99. The molecule has 2 nitrogen and oxygen atoms in total. The molecule has 0 aromatic heterocycles. The quantitative estimate of drug-likeness (QED) is 0.869. The predicted molar refractivity (Wildman–Crippen MR) is 66.8 cm³/mol. The van der Waals surface area contributed by atoms with Gasteiger partial charge < -0.3 is 10.1 Å². The fourth-order valence-electron chi connectivity index (χ4n) is 1.46. The number of hydrogen-bond donors (Lipinski definition) is 1. The maximum absolute atomic E-state index is 13.2. The van der Waals surface area contributed by atoms with Crippen LogP contribution in [-0.4, -0.2) is 20.3 Å². The van der Waals surface area contributed by atoms with Gasteiger partial charge in [-0.15, -0.1) is 0 Å². The van der Waals surface area contributed by atoms with Gasteiger partial charge in [0.25, 0.3) is 0 Å². The lowest BCUT2D eigenvalue weighted by Crippen LogP contribution is -2.23. The van der Waals surface area contributed by atoms with E-state index in [4.69, 9.17) is 4.74 Å². The zero-order valence-corrected chi connectivity index (χ0v) is 11.2. The van der Waals surface area contributed by atoms with Crippen molar-refractivity contribution in [2.24, 2.45) is 5.92 Å². The lowest BCUT2D eigenvalue weighted by molar-refractivity contribution is 0.158. The topological polar surface area (TPSA) is 21.3 Å². The molecule has 0 radical (unpaired) electrons. The highest BCUT2D eigenvalue weighted by Crippen LogP contribution is 2.16. The molecule has 1 rings (SSSR count). The highest BCUT2D eigenvalue weighted by atomic mass is 79.9. The molecule has 0 amide bonds. The summed E-state index contributed by atoms with van der Waals surface area (Å²) in [6, 6.07) is 5.17. The molecule has 16 heavy (non-hydrogen) atoms. The van der Waals surface area contributed by atoms with Crippen LogP contribution in [0.2, 0.25) is 0 Å². The molecule has 0 aliphatic heterocycles. The third-order valence-corrected chi connectivity index (χ3v) is 2.90. The maximum atomic E-state index is 13.2. The number of benzene rings is 1. The van der Waals surface area contributed by atoms with Crippen molar-refractivity contribution in [1.82, 2.24) is 5.32 Å². The average Bonchev–Trinajstić information content (AvgIpc) is 2.24. The summed E-state index contributed by atoms with van der Waals surface area (Å²) >= 11 is 3.13. The van der Waals surface area contributed by atoms with Gasteiger partial charge in [-0.1, -0.05) is 13.0 Å². The Morgan fingerprint density at radius 2 is 2.25 bits per heavy atom. The lowest BCUT2D eigenvalue weighted by atomic mass is 10.2. The molecule has 0 aliphatic rings. The van der Waals surface area contributed by atoms with Crippen LogP contribution in [0.15, 0.2) is 22.7 Å². The van der Waals surface area contributed by atoms with E-state index in [0.29, 0.717) is 16.9 Å². The van der Waals surface area contributed by atoms with Crippen molar-refractivity contribution in [3.8, 4) is 0 Å². The smallest absolute Gasteiger partial charge is 0.137 e. The van der Waals surface area contributed by atoms with Gasteiger partial charge in [0.15, 0.2) is 0 Å². The van der Waals surface area contributed by atoms with Crippen LogP contribution in [0, 0.1) is 11.7 Å². The summed E-state index contributed by atoms with van der Waals surface area (Å²) in [6.07, 6.45) is 0. The molecule has 4 heteroatoms. The Labute approximate surface area is 104 Å². The summed E-state index contributed by atoms with van der Waals surface area (Å²) in [5.74, 6) is 0.245. The molecule has 0 heterocycles. The van der Waals surface area contributed by atoms with Gasteiger partial charge in [0.05, 0.1) is 4.47 Å². The van der Waals surface area contributed by atoms with E-state index in [1.807, 2.05) is 6.07 Å². The van der Waals surface area contributed by atoms with Gasteiger partial charge in [-0.3, -0.25) is 0 Å². The lowest BCUT2D eigenvalue weighted by Gasteiger charge is -2.11. The van der Waals surface area contributed by atoms with E-state index in [0.717, 1.165) is 18.7 Å². The van der Waals surface area contributed by atoms with Gasteiger partial charge in [0.1, 0.15) is 5.82 Å². The van der Waals surface area contributed by atoms with Crippen LogP contribution in [0.1, 0.15) is 12.5 Å². The minimum absolute atomic E-state index is 0.218. The Morgan fingerprint density at radius 1 is 1.50 bits per heavy atom. The molecule has 1 atom stereocenters. The summed E-state index contributed by atoms with van der Waals surface area (Å²) in [5, 5.41) is 3.27. The monoisotopic (exact) mass is 289 g/mol. The van der Waals surface area contributed by atoms with Crippen molar-refractivity contribution in [2.45, 2.75) is 13.5 Å². The third kappa shape index (κ3) is 4.60. The first kappa shape index (κ1) is 13.6. The highest BCUT2D eigenvalue weighted by molar-refractivity contribution is 9.10. The van der Waals surface area contributed by atoms with Crippen molar-refractivity contribution in [3.63, 3.8) is 0 Å². The average molecular weight is 290 g/mol. The van der Waals surface area contributed by atoms with Gasteiger partial charge in [-0.25, -0.2) is 4.39 Å². The molecule has 1 aromatic carbocycles. The first-order chi connectivity index (χ1) is 7.63. The number of rotatable bonds is 6. The van der Waals surface area contributed by atoms with Crippen LogP contribution in [0.3, 0.4) is 0 Å². The van der Waals surface area contributed by atoms with Crippen LogP contribution in [-0.2, 0) is 11.3 Å². The number of nitrogens with one attached hydrogen (secondary N) is 1. The van der Waals surface area contributed by atoms with Crippen LogP contribution >= 0.6 is 15.9 Å². The van der Waals surface area contributed by atoms with Gasteiger partial charge in [-0.2, -0.15) is 0 Å². The molecule has 0 aliphatic carbocycles. The van der Waals surface area contributed by atoms with Crippen molar-refractivity contribution in [3.05, 3.63) is 34.1 Å². The third-order valence-electron chi connectivity index (χ3n) is 2.26. The largest absolute Gasteiger partial charge is 0.384 e. The van der Waals surface area contributed by atoms with Crippen molar-refractivity contribution in [1.29, 1.82) is 0 Å². The number of hydrogen-bond acceptors (Lipinski definition) is 2. The van der Waals surface area contributed by atoms with Crippen LogP contribution in [0.5, 0.6) is 0 Å². The minimum atomic E-state index is -0.218. The van der Waals surface area contributed by atoms with Gasteiger partial charge in [-0.05, 0) is 39.5 Å². The molecule has 1 unspecified atom stereocenters. The standard InChI is InChI=1S/C12H17BrFNO/c1-9(8-16-2)6-15-7-10-3-4-11(13)12(14)5-10/h3-5,9,15H,6-8H2,1-2H3. The first-order valence-corrected chi connectivity index (χ1v) is 6.06. The highest BCUT2D eigenvalue weighted by Gasteiger charge is 2.02. The van der Waals surface area contributed by atoms with Crippen molar-refractivity contribution < 1.29 is 9.13 Å². The molecule has 0 fully saturated rings. The molecule has 1 aromatic rings. The summed E-state index contributed by atoms with van der Waals surface area (Å²) in [6.45, 7) is 4.39. The zero-order chi connectivity index (χ0) is 12.0. The van der Waals surface area contributed by atoms with E-state index in [-0.39, 0.29) is 5.82 Å². The maximum Gasteiger partial charge on any atom is 0.137 e. The van der Waals surface area contributed by atoms with Gasteiger partial charge >= 0.3 is 0 Å². The number of halogens is 2. The Bertz CT molecular complexity index is 333. The fourth-order valence-corrected chi connectivity index (χ4v) is 1.70. The van der Waals surface area contributed by atoms with E-state index in [1.165, 1.54) is 6.07 Å². The first-order valence-electron chi connectivity index (χ1n) is 5.27. The molecule has 0 saturated heterocycles. The SMILES string of the molecule is COCC(C)CNCc1ccc(Br)c(F)c1. The fraction of sp³-hybridized carbons (Fsp3) is 0.500. The Kier molecular flexibility index (Phi) is 5.95. The van der Waals surface area contributed by atoms with Crippen LogP contribution in [0.4, 0.5) is 4.39 Å². The zero-order valence-electron chi connectivity index (χ0n) is 9.59. The summed E-state index contributed by atoms with van der Waals surface area (Å²) < 4.78 is 18.7. The van der Waals surface area contributed by atoms with E-state index in [2.05, 4.69) is 28.2 Å². The second-order valence-corrected chi connectivity index (χ2v) is 4.79. The summed E-state index contributed by atoms with van der Waals surface area (Å²) in [4.78, 5) is 0. The molecule has 0 saturated carbocycles. The Morgan fingerprint density at radius 3 is 2.88 bits per heavy atom. The molecule has 0 spiro atoms. The molecule has 0 bridgehead atoms. The molecular formula is C12H17BrFNO. The van der Waals surface area contributed by atoms with Crippen LogP contribution in [0.25, 0.3) is 0 Å². The van der Waals surface area contributed by atoms with Crippen molar-refractivity contribution >= 4 is 15.9 Å². The van der Waals surface area contributed by atoms with E-state index < -0.39 is 0 Å². The number of ether oxygens (including phenoxy) is 1. The minimum Gasteiger partial charge on any atom is -0.384 e. The van der Waals surface area contributed by atoms with Gasteiger partial charge in [0, 0.05) is 26.8 Å². The molecular weight excluding hydrogens is 273 g/mol. The predicted octanol–water partition coefficient (Wildman–Crippen LogP) is 2.96. The Hall–Kier alpha value is -0.450. The van der Waals surface area contributed by atoms with E-state index in [9.17, 15) is 4.39 Å². The van der Waals surface area contributed by atoms with E-state index in [1.54, 1.807) is 13.2 Å².